The van der Waals surface area contributed by atoms with Crippen molar-refractivity contribution in [2.45, 2.75) is 50.5 Å². The van der Waals surface area contributed by atoms with Crippen LogP contribution in [0.15, 0.2) is 23.1 Å². The molecule has 2 rings (SSSR count). The van der Waals surface area contributed by atoms with Crippen molar-refractivity contribution in [2.75, 3.05) is 20.2 Å². The maximum absolute atomic E-state index is 12.9. The molecule has 0 aliphatic carbocycles. The lowest BCUT2D eigenvalue weighted by Crippen LogP contribution is -2.44. The van der Waals surface area contributed by atoms with Crippen molar-refractivity contribution in [3.63, 3.8) is 0 Å². The zero-order valence-corrected chi connectivity index (χ0v) is 17.1. The molecule has 8 heteroatoms. The van der Waals surface area contributed by atoms with Crippen LogP contribution in [0, 0.1) is 5.92 Å². The third-order valence-electron chi connectivity index (χ3n) is 4.68. The van der Waals surface area contributed by atoms with Crippen molar-refractivity contribution < 1.29 is 17.9 Å². The third-order valence-corrected chi connectivity index (χ3v) is 6.83. The molecule has 1 saturated heterocycles. The van der Waals surface area contributed by atoms with Gasteiger partial charge in [0.05, 0.1) is 7.11 Å². The van der Waals surface area contributed by atoms with E-state index in [-0.39, 0.29) is 28.5 Å². The highest BCUT2D eigenvalue weighted by Gasteiger charge is 2.34. The summed E-state index contributed by atoms with van der Waals surface area (Å²) in [5.74, 6) is 0.132. The van der Waals surface area contributed by atoms with Gasteiger partial charge in [-0.15, -0.1) is 0 Å². The Balaban J connectivity index is 2.05. The fraction of sp³-hybridized carbons (Fsp3) is 0.611. The first-order valence-corrected chi connectivity index (χ1v) is 10.8. The number of nitrogens with one attached hydrogen (secondary N) is 1. The van der Waals surface area contributed by atoms with Gasteiger partial charge in [0.15, 0.2) is 0 Å². The highest BCUT2D eigenvalue weighted by Crippen LogP contribution is 2.31. The molecule has 146 valence electrons. The molecule has 0 aromatic heterocycles. The number of hydrogen-bond donors (Lipinski definition) is 1. The summed E-state index contributed by atoms with van der Waals surface area (Å²) < 4.78 is 32.5. The van der Waals surface area contributed by atoms with E-state index in [0.717, 1.165) is 12.8 Å². The van der Waals surface area contributed by atoms with Crippen LogP contribution in [0.4, 0.5) is 0 Å². The average molecular weight is 403 g/mol. The van der Waals surface area contributed by atoms with Gasteiger partial charge < -0.3 is 10.1 Å². The molecule has 1 fully saturated rings. The minimum atomic E-state index is -3.72. The van der Waals surface area contributed by atoms with Crippen LogP contribution >= 0.6 is 11.6 Å². The smallest absolute Gasteiger partial charge is 0.246 e. The molecule has 1 aromatic carbocycles. The molecule has 0 radical (unpaired) electrons. The Morgan fingerprint density at radius 3 is 2.62 bits per heavy atom. The number of methoxy groups -OCH3 is 1. The van der Waals surface area contributed by atoms with Gasteiger partial charge in [0.2, 0.25) is 15.9 Å². The number of sulfonamides is 1. The molecule has 0 bridgehead atoms. The molecule has 0 unspecified atom stereocenters. The molecule has 0 spiro atoms. The Bertz CT molecular complexity index is 731. The highest BCUT2D eigenvalue weighted by atomic mass is 35.5. The second-order valence-corrected chi connectivity index (χ2v) is 9.01. The van der Waals surface area contributed by atoms with Crippen molar-refractivity contribution in [2.24, 2.45) is 5.92 Å². The maximum atomic E-state index is 12.9. The van der Waals surface area contributed by atoms with Crippen LogP contribution in [-0.4, -0.2) is 44.9 Å². The molecular weight excluding hydrogens is 376 g/mol. The summed E-state index contributed by atoms with van der Waals surface area (Å²) in [6.07, 6.45) is 2.96. The standard InChI is InChI=1S/C18H27ClN2O4S/c1-4-5-13(2)20-18(22)14-8-10-21(11-9-14)26(23,24)17-12-15(19)6-7-16(17)25-3/h6-7,12-14H,4-5,8-11H2,1-3H3,(H,20,22)/t13-/m0/s1. The Hall–Kier alpha value is -1.31. The molecule has 1 aliphatic rings. The van der Waals surface area contributed by atoms with Crippen LogP contribution < -0.4 is 10.1 Å². The predicted molar refractivity (Wildman–Crippen MR) is 102 cm³/mol. The van der Waals surface area contributed by atoms with Gasteiger partial charge in [0.25, 0.3) is 0 Å². The number of hydrogen-bond acceptors (Lipinski definition) is 4. The van der Waals surface area contributed by atoms with Gasteiger partial charge in [-0.1, -0.05) is 24.9 Å². The van der Waals surface area contributed by atoms with E-state index < -0.39 is 10.0 Å². The number of amides is 1. The van der Waals surface area contributed by atoms with Gasteiger partial charge in [0.1, 0.15) is 10.6 Å². The molecule has 1 aromatic rings. The van der Waals surface area contributed by atoms with Crippen molar-refractivity contribution in [3.05, 3.63) is 23.2 Å². The SMILES string of the molecule is CCC[C@H](C)NC(=O)C1CCN(S(=O)(=O)c2cc(Cl)ccc2OC)CC1. The van der Waals surface area contributed by atoms with E-state index >= 15 is 0 Å². The van der Waals surface area contributed by atoms with E-state index in [1.165, 1.54) is 17.5 Å². The van der Waals surface area contributed by atoms with Crippen molar-refractivity contribution in [1.29, 1.82) is 0 Å². The Labute approximate surface area is 160 Å². The van der Waals surface area contributed by atoms with Crippen molar-refractivity contribution >= 4 is 27.5 Å². The van der Waals surface area contributed by atoms with Crippen LogP contribution in [-0.2, 0) is 14.8 Å². The van der Waals surface area contributed by atoms with Gasteiger partial charge in [0, 0.05) is 30.1 Å². The number of halogens is 1. The van der Waals surface area contributed by atoms with Gasteiger partial charge in [-0.2, -0.15) is 4.31 Å². The van der Waals surface area contributed by atoms with Crippen LogP contribution in [0.25, 0.3) is 0 Å². The lowest BCUT2D eigenvalue weighted by atomic mass is 9.96. The summed E-state index contributed by atoms with van der Waals surface area (Å²) in [4.78, 5) is 12.4. The average Bonchev–Trinajstić information content (AvgIpc) is 2.62. The normalized spacial score (nSPS) is 17.7. The van der Waals surface area contributed by atoms with Gasteiger partial charge in [-0.25, -0.2) is 8.42 Å². The fourth-order valence-electron chi connectivity index (χ4n) is 3.22. The summed E-state index contributed by atoms with van der Waals surface area (Å²) in [6, 6.07) is 4.68. The van der Waals surface area contributed by atoms with Gasteiger partial charge in [-0.05, 0) is 44.4 Å². The molecular formula is C18H27ClN2O4S. The predicted octanol–water partition coefficient (Wildman–Crippen LogP) is 3.05. The van der Waals surface area contributed by atoms with E-state index in [9.17, 15) is 13.2 Å². The number of carbonyl (C=O) groups excluding carboxylic acids is 1. The van der Waals surface area contributed by atoms with E-state index in [2.05, 4.69) is 12.2 Å². The van der Waals surface area contributed by atoms with Crippen LogP contribution in [0.1, 0.15) is 39.5 Å². The number of piperidine rings is 1. The molecule has 1 heterocycles. The zero-order chi connectivity index (χ0) is 19.3. The number of ether oxygens (including phenoxy) is 1. The summed E-state index contributed by atoms with van der Waals surface area (Å²) >= 11 is 5.97. The number of benzene rings is 1. The minimum Gasteiger partial charge on any atom is -0.495 e. The Morgan fingerprint density at radius 1 is 1.38 bits per heavy atom. The first kappa shape index (κ1) is 21.0. The topological polar surface area (TPSA) is 75.7 Å². The lowest BCUT2D eigenvalue weighted by molar-refractivity contribution is -0.126. The molecule has 1 N–H and O–H groups in total. The van der Waals surface area contributed by atoms with E-state index in [0.29, 0.717) is 31.0 Å². The monoisotopic (exact) mass is 402 g/mol. The summed E-state index contributed by atoms with van der Waals surface area (Å²) in [6.45, 7) is 4.68. The second-order valence-electron chi connectivity index (χ2n) is 6.67. The highest BCUT2D eigenvalue weighted by molar-refractivity contribution is 7.89. The number of carbonyl (C=O) groups is 1. The minimum absolute atomic E-state index is 0.0170. The molecule has 26 heavy (non-hydrogen) atoms. The largest absolute Gasteiger partial charge is 0.495 e. The second kappa shape index (κ2) is 9.06. The Morgan fingerprint density at radius 2 is 2.04 bits per heavy atom. The third kappa shape index (κ3) is 4.90. The van der Waals surface area contributed by atoms with Crippen LogP contribution in [0.3, 0.4) is 0 Å². The fourth-order valence-corrected chi connectivity index (χ4v) is 5.10. The van der Waals surface area contributed by atoms with Crippen LogP contribution in [0.5, 0.6) is 5.75 Å². The summed E-state index contributed by atoms with van der Waals surface area (Å²) in [5, 5.41) is 3.35. The van der Waals surface area contributed by atoms with E-state index in [1.807, 2.05) is 6.92 Å². The molecule has 6 nitrogen and oxygen atoms in total. The number of rotatable bonds is 7. The maximum Gasteiger partial charge on any atom is 0.246 e. The zero-order valence-electron chi connectivity index (χ0n) is 15.5. The first-order valence-electron chi connectivity index (χ1n) is 8.93. The molecule has 1 aliphatic heterocycles. The van der Waals surface area contributed by atoms with Gasteiger partial charge >= 0.3 is 0 Å². The molecule has 1 atom stereocenters. The first-order chi connectivity index (χ1) is 12.3. The van der Waals surface area contributed by atoms with Crippen molar-refractivity contribution in [1.82, 2.24) is 9.62 Å². The summed E-state index contributed by atoms with van der Waals surface area (Å²) in [7, 11) is -2.29. The van der Waals surface area contributed by atoms with E-state index in [1.54, 1.807) is 12.1 Å². The summed E-state index contributed by atoms with van der Waals surface area (Å²) in [5.41, 5.74) is 0. The Kier molecular flexibility index (Phi) is 7.32. The van der Waals surface area contributed by atoms with Crippen LogP contribution in [0.2, 0.25) is 5.02 Å². The number of nitrogens with zero attached hydrogens (tertiary/aromatic N) is 1. The quantitative estimate of drug-likeness (QED) is 0.760. The molecule has 1 amide bonds. The van der Waals surface area contributed by atoms with Gasteiger partial charge in [-0.3, -0.25) is 4.79 Å². The van der Waals surface area contributed by atoms with E-state index in [4.69, 9.17) is 16.3 Å². The van der Waals surface area contributed by atoms with Crippen molar-refractivity contribution in [3.8, 4) is 5.75 Å². The molecule has 0 saturated carbocycles. The lowest BCUT2D eigenvalue weighted by Gasteiger charge is -2.31.